The predicted molar refractivity (Wildman–Crippen MR) is 162 cm³/mol. The van der Waals surface area contributed by atoms with Crippen molar-refractivity contribution in [2.45, 2.75) is 90.4 Å². The highest BCUT2D eigenvalue weighted by Gasteiger charge is 2.45. The van der Waals surface area contributed by atoms with Gasteiger partial charge in [-0.15, -0.1) is 0 Å². The standard InChI is InChI=1S/C34H48OP/c1-2-3-4-5-6-7-8-9-10-11-12-13-23-30-35-31-36(32-24-17-14-18-25-32,33-26-19-15-20-27-33)34-28-21-16-22-29-34/h14-22,24-29H,2-13,23,30-31H2,1H3/q+1. The lowest BCUT2D eigenvalue weighted by Crippen LogP contribution is -2.34. The zero-order valence-corrected chi connectivity index (χ0v) is 23.5. The van der Waals surface area contributed by atoms with E-state index in [0.717, 1.165) is 19.4 Å². The normalized spacial score (nSPS) is 11.6. The Hall–Kier alpha value is -1.95. The Morgan fingerprint density at radius 3 is 1.14 bits per heavy atom. The fraction of sp³-hybridized carbons (Fsp3) is 0.471. The van der Waals surface area contributed by atoms with Gasteiger partial charge in [-0.1, -0.05) is 139 Å². The van der Waals surface area contributed by atoms with Crippen molar-refractivity contribution >= 4 is 23.2 Å². The fourth-order valence-corrected chi connectivity index (χ4v) is 8.93. The number of rotatable bonds is 19. The molecule has 0 heterocycles. The molecule has 0 atom stereocenters. The van der Waals surface area contributed by atoms with E-state index in [1.54, 1.807) is 0 Å². The summed E-state index contributed by atoms with van der Waals surface area (Å²) in [5.74, 6) is 0. The molecule has 0 saturated heterocycles. The molecule has 2 heteroatoms. The molecule has 3 aromatic carbocycles. The van der Waals surface area contributed by atoms with Crippen LogP contribution < -0.4 is 15.9 Å². The van der Waals surface area contributed by atoms with Gasteiger partial charge in [0, 0.05) is 0 Å². The summed E-state index contributed by atoms with van der Waals surface area (Å²) in [5, 5.41) is 4.19. The van der Waals surface area contributed by atoms with Crippen LogP contribution in [0, 0.1) is 0 Å². The first-order valence-corrected chi connectivity index (χ1v) is 16.5. The molecule has 0 amide bonds. The average Bonchev–Trinajstić information content (AvgIpc) is 2.94. The number of ether oxygens (including phenoxy) is 1. The Morgan fingerprint density at radius 1 is 0.444 bits per heavy atom. The number of hydrogen-bond donors (Lipinski definition) is 0. The molecule has 1 nitrogen and oxygen atoms in total. The van der Waals surface area contributed by atoms with Crippen LogP contribution in [-0.4, -0.2) is 13.0 Å². The molecule has 0 unspecified atom stereocenters. The summed E-state index contributed by atoms with van der Waals surface area (Å²) in [7, 11) is -1.86. The van der Waals surface area contributed by atoms with Gasteiger partial charge in [0.05, 0.1) is 6.61 Å². The van der Waals surface area contributed by atoms with Gasteiger partial charge in [0.1, 0.15) is 23.2 Å². The summed E-state index contributed by atoms with van der Waals surface area (Å²) in [6.07, 6.45) is 18.7. The van der Waals surface area contributed by atoms with Crippen LogP contribution in [-0.2, 0) is 4.74 Å². The molecular formula is C34H48OP+. The maximum Gasteiger partial charge on any atom is 0.171 e. The van der Waals surface area contributed by atoms with Crippen LogP contribution in [0.25, 0.3) is 0 Å². The van der Waals surface area contributed by atoms with Crippen LogP contribution >= 0.6 is 7.26 Å². The topological polar surface area (TPSA) is 9.23 Å². The zero-order valence-electron chi connectivity index (χ0n) is 22.6. The van der Waals surface area contributed by atoms with Crippen molar-refractivity contribution < 1.29 is 4.74 Å². The predicted octanol–water partition coefficient (Wildman–Crippen LogP) is 9.05. The molecule has 0 fully saturated rings. The van der Waals surface area contributed by atoms with Gasteiger partial charge in [-0.05, 0) is 42.8 Å². The molecule has 0 N–H and O–H groups in total. The Balaban J connectivity index is 1.45. The van der Waals surface area contributed by atoms with Crippen LogP contribution in [0.15, 0.2) is 91.0 Å². The van der Waals surface area contributed by atoms with E-state index in [0.29, 0.717) is 0 Å². The quantitative estimate of drug-likeness (QED) is 0.117. The van der Waals surface area contributed by atoms with Crippen molar-refractivity contribution in [1.82, 2.24) is 0 Å². The minimum Gasteiger partial charge on any atom is -0.345 e. The van der Waals surface area contributed by atoms with Crippen molar-refractivity contribution in [2.75, 3.05) is 13.0 Å². The summed E-state index contributed by atoms with van der Waals surface area (Å²) >= 11 is 0. The summed E-state index contributed by atoms with van der Waals surface area (Å²) < 4.78 is 6.51. The van der Waals surface area contributed by atoms with E-state index in [-0.39, 0.29) is 0 Å². The van der Waals surface area contributed by atoms with Crippen molar-refractivity contribution in [3.8, 4) is 0 Å². The molecule has 0 saturated carbocycles. The lowest BCUT2D eigenvalue weighted by molar-refractivity contribution is 0.174. The second-order valence-electron chi connectivity index (χ2n) is 10.1. The van der Waals surface area contributed by atoms with Gasteiger partial charge < -0.3 is 4.74 Å². The van der Waals surface area contributed by atoms with E-state index in [9.17, 15) is 0 Å². The largest absolute Gasteiger partial charge is 0.345 e. The first kappa shape index (κ1) is 28.6. The molecule has 3 aromatic rings. The number of unbranched alkanes of at least 4 members (excludes halogenated alkanes) is 12. The first-order valence-electron chi connectivity index (χ1n) is 14.5. The van der Waals surface area contributed by atoms with Crippen LogP contribution in [0.3, 0.4) is 0 Å². The van der Waals surface area contributed by atoms with Crippen molar-refractivity contribution in [3.63, 3.8) is 0 Å². The fourth-order valence-electron chi connectivity index (χ4n) is 5.14. The summed E-state index contributed by atoms with van der Waals surface area (Å²) in [5.41, 5.74) is 0. The monoisotopic (exact) mass is 503 g/mol. The van der Waals surface area contributed by atoms with Gasteiger partial charge in [-0.2, -0.15) is 0 Å². The van der Waals surface area contributed by atoms with Crippen molar-refractivity contribution in [2.24, 2.45) is 0 Å². The maximum absolute atomic E-state index is 6.51. The summed E-state index contributed by atoms with van der Waals surface area (Å²) in [6.45, 7) is 3.15. The Labute approximate surface area is 222 Å². The molecular weight excluding hydrogens is 455 g/mol. The Kier molecular flexibility index (Phi) is 13.9. The third-order valence-electron chi connectivity index (χ3n) is 7.27. The van der Waals surface area contributed by atoms with E-state index >= 15 is 0 Å². The highest BCUT2D eigenvalue weighted by molar-refractivity contribution is 7.95. The highest BCUT2D eigenvalue weighted by Crippen LogP contribution is 2.55. The molecule has 3 rings (SSSR count). The lowest BCUT2D eigenvalue weighted by Gasteiger charge is -2.27. The average molecular weight is 504 g/mol. The minimum absolute atomic E-state index is 0.767. The van der Waals surface area contributed by atoms with Gasteiger partial charge in [0.15, 0.2) is 6.35 Å². The SMILES string of the molecule is CCCCCCCCCCCCCCCOC[P+](c1ccccc1)(c1ccccc1)c1ccccc1. The molecule has 0 bridgehead atoms. The lowest BCUT2D eigenvalue weighted by atomic mass is 10.0. The van der Waals surface area contributed by atoms with Crippen LogP contribution in [0.2, 0.25) is 0 Å². The second-order valence-corrected chi connectivity index (χ2v) is 13.5. The van der Waals surface area contributed by atoms with E-state index in [2.05, 4.69) is 97.9 Å². The van der Waals surface area contributed by atoms with Crippen molar-refractivity contribution in [3.05, 3.63) is 91.0 Å². The Bertz CT molecular complexity index is 813. The minimum atomic E-state index is -1.86. The molecule has 36 heavy (non-hydrogen) atoms. The summed E-state index contributed by atoms with van der Waals surface area (Å²) in [6, 6.07) is 33.1. The van der Waals surface area contributed by atoms with Gasteiger partial charge in [0.2, 0.25) is 0 Å². The smallest absolute Gasteiger partial charge is 0.171 e. The van der Waals surface area contributed by atoms with Gasteiger partial charge in [0.25, 0.3) is 0 Å². The van der Waals surface area contributed by atoms with Gasteiger partial charge in [-0.3, -0.25) is 0 Å². The molecule has 0 radical (unpaired) electrons. The second kappa shape index (κ2) is 17.5. The molecule has 0 aliphatic carbocycles. The molecule has 0 spiro atoms. The van der Waals surface area contributed by atoms with E-state index in [4.69, 9.17) is 4.74 Å². The van der Waals surface area contributed by atoms with E-state index in [1.165, 1.54) is 93.0 Å². The zero-order chi connectivity index (χ0) is 25.2. The van der Waals surface area contributed by atoms with Crippen molar-refractivity contribution in [1.29, 1.82) is 0 Å². The number of benzene rings is 3. The van der Waals surface area contributed by atoms with Crippen LogP contribution in [0.5, 0.6) is 0 Å². The molecule has 0 aliphatic rings. The van der Waals surface area contributed by atoms with Crippen LogP contribution in [0.1, 0.15) is 90.4 Å². The number of hydrogen-bond acceptors (Lipinski definition) is 1. The first-order chi connectivity index (χ1) is 17.9. The Morgan fingerprint density at radius 2 is 0.778 bits per heavy atom. The highest BCUT2D eigenvalue weighted by atomic mass is 31.2. The van der Waals surface area contributed by atoms with Crippen LogP contribution in [0.4, 0.5) is 0 Å². The maximum atomic E-state index is 6.51. The molecule has 194 valence electrons. The summed E-state index contributed by atoms with van der Waals surface area (Å²) in [4.78, 5) is 0. The van der Waals surface area contributed by atoms with Gasteiger partial charge >= 0.3 is 0 Å². The van der Waals surface area contributed by atoms with E-state index in [1.807, 2.05) is 0 Å². The molecule has 0 aliphatic heterocycles. The molecule has 0 aromatic heterocycles. The van der Waals surface area contributed by atoms with E-state index < -0.39 is 7.26 Å². The van der Waals surface area contributed by atoms with Gasteiger partial charge in [-0.25, -0.2) is 0 Å². The third kappa shape index (κ3) is 9.17. The third-order valence-corrected chi connectivity index (χ3v) is 11.4.